The Morgan fingerprint density at radius 1 is 0.657 bits per heavy atom. The van der Waals surface area contributed by atoms with Gasteiger partial charge < -0.3 is 22.0 Å². The van der Waals surface area contributed by atoms with Crippen LogP contribution in [0.2, 0.25) is 0 Å². The van der Waals surface area contributed by atoms with Crippen LogP contribution in [0, 0.1) is 0 Å². The van der Waals surface area contributed by atoms with E-state index in [1.54, 1.807) is 0 Å². The number of carbonyl (C=O) groups excluding carboxylic acids is 2. The maximum Gasteiger partial charge on any atom is 1.00 e. The van der Waals surface area contributed by atoms with Gasteiger partial charge in [0.15, 0.2) is 0 Å². The summed E-state index contributed by atoms with van der Waals surface area (Å²) in [6.45, 7) is 8.96. The summed E-state index contributed by atoms with van der Waals surface area (Å²) in [5.41, 5.74) is 2.17. The van der Waals surface area contributed by atoms with Crippen molar-refractivity contribution >= 4 is 35.0 Å². The zero-order valence-electron chi connectivity index (χ0n) is 20.8. The van der Waals surface area contributed by atoms with Crippen LogP contribution in [0.3, 0.4) is 0 Å². The van der Waals surface area contributed by atoms with E-state index in [0.29, 0.717) is 22.6 Å². The van der Waals surface area contributed by atoms with Crippen LogP contribution >= 0.6 is 15.8 Å². The molecular weight excluding hydrogens is 588 g/mol. The summed E-state index contributed by atoms with van der Waals surface area (Å²) in [5.74, 6) is -0.619. The Hall–Kier alpha value is -0.372. The molecule has 0 aromatic heterocycles. The van der Waals surface area contributed by atoms with Crippen molar-refractivity contribution in [3.63, 3.8) is 0 Å². The van der Waals surface area contributed by atoms with Gasteiger partial charge in [-0.1, -0.05) is 67.8 Å². The molecule has 0 bridgehead atoms. The number of allylic oxidation sites excluding steroid dienone is 4. The van der Waals surface area contributed by atoms with Gasteiger partial charge in [0, 0.05) is 0 Å². The van der Waals surface area contributed by atoms with Gasteiger partial charge >= 0.3 is 38.7 Å². The fourth-order valence-electron chi connectivity index (χ4n) is 4.96. The van der Waals surface area contributed by atoms with E-state index in [1.165, 1.54) is 51.4 Å². The molecule has 0 spiro atoms. The normalized spacial score (nSPS) is 31.3. The molecule has 3 aliphatic heterocycles. The van der Waals surface area contributed by atoms with Gasteiger partial charge in [-0.25, -0.2) is 9.59 Å². The second-order valence-electron chi connectivity index (χ2n) is 9.33. The Morgan fingerprint density at radius 3 is 1.11 bits per heavy atom. The van der Waals surface area contributed by atoms with Crippen molar-refractivity contribution in [3.05, 3.63) is 34.9 Å². The van der Waals surface area contributed by atoms with E-state index in [2.05, 4.69) is 52.0 Å². The van der Waals surface area contributed by atoms with E-state index < -0.39 is 23.1 Å². The molecule has 2 saturated heterocycles. The van der Waals surface area contributed by atoms with Crippen LogP contribution in [0.4, 0.5) is 17.3 Å². The number of halogens is 4. The van der Waals surface area contributed by atoms with Gasteiger partial charge in [-0.05, 0) is 74.0 Å². The van der Waals surface area contributed by atoms with E-state index in [1.807, 2.05) is 0 Å². The molecule has 0 aromatic carbocycles. The predicted octanol–water partition coefficient (Wildman–Crippen LogP) is 8.36. The average Bonchev–Trinajstić information content (AvgIpc) is 3.28. The van der Waals surface area contributed by atoms with Gasteiger partial charge in [0.2, 0.25) is 0 Å². The minimum absolute atomic E-state index is 0. The van der Waals surface area contributed by atoms with Crippen LogP contribution in [0.5, 0.6) is 0 Å². The molecule has 1 aliphatic carbocycles. The average molecular weight is 624 g/mol. The van der Waals surface area contributed by atoms with Crippen LogP contribution < -0.4 is 0 Å². The zero-order valence-corrected chi connectivity index (χ0v) is 24.2. The summed E-state index contributed by atoms with van der Waals surface area (Å²) < 4.78 is 44.1. The summed E-state index contributed by atoms with van der Waals surface area (Å²) in [6.07, 6.45) is 18.7. The SMILES string of the molecule is C1=C\CC/C=C\CC/1.C[C@@H]1CC[C@@H](C)P1C1=C(P2[C@H](C)CC[C@H]2C)C(=O)OC1=O.F[B-](F)(F)F.[Rh+]. The van der Waals surface area contributed by atoms with Crippen LogP contribution in [-0.2, 0) is 33.8 Å². The Balaban J connectivity index is 0.000000363. The van der Waals surface area contributed by atoms with Crippen molar-refractivity contribution in [1.82, 2.24) is 0 Å². The number of ether oxygens (including phenoxy) is 1. The molecule has 4 aliphatic rings. The summed E-state index contributed by atoms with van der Waals surface area (Å²) in [6, 6.07) is 0. The third-order valence-electron chi connectivity index (χ3n) is 6.55. The van der Waals surface area contributed by atoms with Crippen molar-refractivity contribution in [1.29, 1.82) is 0 Å². The molecule has 2 fully saturated rings. The van der Waals surface area contributed by atoms with Gasteiger partial charge in [0.25, 0.3) is 0 Å². The second kappa shape index (κ2) is 15.1. The Morgan fingerprint density at radius 2 is 0.886 bits per heavy atom. The van der Waals surface area contributed by atoms with Crippen LogP contribution in [0.15, 0.2) is 34.9 Å². The first kappa shape index (κ1) is 32.7. The van der Waals surface area contributed by atoms with E-state index in [9.17, 15) is 26.9 Å². The molecule has 0 radical (unpaired) electrons. The fraction of sp³-hybridized carbons (Fsp3) is 0.667. The number of carbonyl (C=O) groups is 2. The maximum atomic E-state index is 12.4. The van der Waals surface area contributed by atoms with Gasteiger partial charge in [0.1, 0.15) is 0 Å². The molecule has 0 aromatic rings. The number of esters is 2. The summed E-state index contributed by atoms with van der Waals surface area (Å²) in [4.78, 5) is 24.7. The van der Waals surface area contributed by atoms with Crippen molar-refractivity contribution < 1.29 is 51.1 Å². The van der Waals surface area contributed by atoms with Crippen molar-refractivity contribution in [3.8, 4) is 0 Å². The Kier molecular flexibility index (Phi) is 14.1. The van der Waals surface area contributed by atoms with Gasteiger partial charge in [-0.2, -0.15) is 0 Å². The standard InChI is InChI=1S/C16H24O3P2.C8H12.BF4.Rh/c1-9-5-6-10(2)20(9)13-14(16(18)19-15(13)17)21-11(3)7-8-12(21)4;1-2-4-6-8-7-5-3-1;2-1(3,4)5;/h9-12H,5-8H2,1-4H3;1-2,7-8H,3-6H2;;/q;;-1;+1/b;2-1-,8-7-;;/t9-,10-,11-,12-;;;/m1.../s1. The molecule has 4 atom stereocenters. The second-order valence-corrected chi connectivity index (χ2v) is 15.4. The smallest absolute Gasteiger partial charge is 0.418 e. The van der Waals surface area contributed by atoms with Crippen molar-refractivity contribution in [2.75, 3.05) is 0 Å². The molecule has 0 unspecified atom stereocenters. The third kappa shape index (κ3) is 10.1. The van der Waals surface area contributed by atoms with Crippen molar-refractivity contribution in [2.45, 2.75) is 102 Å². The first-order valence-electron chi connectivity index (χ1n) is 12.2. The zero-order chi connectivity index (χ0) is 25.5. The first-order chi connectivity index (χ1) is 15.9. The number of hydrogen-bond donors (Lipinski definition) is 0. The van der Waals surface area contributed by atoms with E-state index in [0.717, 1.165) is 10.6 Å². The van der Waals surface area contributed by atoms with Crippen LogP contribution in [0.1, 0.15) is 79.1 Å². The Labute approximate surface area is 222 Å². The first-order valence-corrected chi connectivity index (χ1v) is 15.1. The van der Waals surface area contributed by atoms with E-state index >= 15 is 0 Å². The molecule has 0 saturated carbocycles. The van der Waals surface area contributed by atoms with Crippen LogP contribution in [0.25, 0.3) is 0 Å². The molecule has 3 nitrogen and oxygen atoms in total. The molecule has 0 amide bonds. The van der Waals surface area contributed by atoms with E-state index in [4.69, 9.17) is 4.74 Å². The summed E-state index contributed by atoms with van der Waals surface area (Å²) in [7, 11) is -7.06. The fourth-order valence-corrected chi connectivity index (χ4v) is 12.0. The van der Waals surface area contributed by atoms with Gasteiger partial charge in [0.05, 0.1) is 10.6 Å². The molecule has 4 rings (SSSR count). The van der Waals surface area contributed by atoms with E-state index in [-0.39, 0.29) is 31.4 Å². The number of cyclic esters (lactones) is 2. The summed E-state index contributed by atoms with van der Waals surface area (Å²) >= 11 is 0. The third-order valence-corrected chi connectivity index (χ3v) is 13.4. The molecule has 11 heteroatoms. The quantitative estimate of drug-likeness (QED) is 0.0775. The molecule has 200 valence electrons. The molecule has 0 N–H and O–H groups in total. The monoisotopic (exact) mass is 624 g/mol. The Bertz CT molecular complexity index is 723. The largest absolute Gasteiger partial charge is 1.00 e. The van der Waals surface area contributed by atoms with Gasteiger partial charge in [-0.15, -0.1) is 0 Å². The topological polar surface area (TPSA) is 43.4 Å². The minimum atomic E-state index is -6.00. The summed E-state index contributed by atoms with van der Waals surface area (Å²) in [5, 5.41) is 1.67. The maximum absolute atomic E-state index is 12.4. The molecule has 35 heavy (non-hydrogen) atoms. The predicted molar refractivity (Wildman–Crippen MR) is 135 cm³/mol. The number of rotatable bonds is 2. The van der Waals surface area contributed by atoms with Crippen LogP contribution in [-0.4, -0.2) is 41.8 Å². The number of hydrogen-bond acceptors (Lipinski definition) is 3. The molecule has 3 heterocycles. The van der Waals surface area contributed by atoms with Gasteiger partial charge in [-0.3, -0.25) is 0 Å². The molecular formula is C24H36BF4O3P2Rh. The minimum Gasteiger partial charge on any atom is -0.418 e. The van der Waals surface area contributed by atoms with Crippen molar-refractivity contribution in [2.24, 2.45) is 0 Å².